The number of hydrogen-bond donors (Lipinski definition) is 18. The summed E-state index contributed by atoms with van der Waals surface area (Å²) in [5.74, 6) is 1.26. The smallest absolute Gasteiger partial charge is 0.346 e. The maximum absolute atomic E-state index is 12.6. The summed E-state index contributed by atoms with van der Waals surface area (Å²) in [5.41, 5.74) is 0. The van der Waals surface area contributed by atoms with Gasteiger partial charge in [0.2, 0.25) is 32.5 Å². The molecule has 0 unspecified atom stereocenters. The van der Waals surface area contributed by atoms with Gasteiger partial charge in [-0.05, 0) is 129 Å². The molecule has 0 saturated carbocycles. The van der Waals surface area contributed by atoms with Crippen molar-refractivity contribution in [2.24, 2.45) is 0 Å². The number of nitrogens with one attached hydrogen (secondary N) is 3. The highest BCUT2D eigenvalue weighted by molar-refractivity contribution is 8.01. The minimum atomic E-state index is -1.99. The van der Waals surface area contributed by atoms with E-state index in [4.69, 9.17) is 28.4 Å². The predicted molar refractivity (Wildman–Crippen MR) is 425 cm³/mol. The number of aliphatic carboxylic acids is 3. The monoisotopic (exact) mass is 1680 g/mol. The van der Waals surface area contributed by atoms with Gasteiger partial charge in [-0.2, -0.15) is 35.3 Å². The van der Waals surface area contributed by atoms with Crippen molar-refractivity contribution in [3.05, 3.63) is 30.3 Å². The van der Waals surface area contributed by atoms with Crippen LogP contribution in [0.2, 0.25) is 18.1 Å². The molecule has 0 bridgehead atoms. The number of ether oxygens (including phenoxy) is 6. The lowest BCUT2D eigenvalue weighted by atomic mass is 9.90. The summed E-state index contributed by atoms with van der Waals surface area (Å²) in [6, 6.07) is 11.0. The van der Waals surface area contributed by atoms with E-state index in [9.17, 15) is 105 Å². The first kappa shape index (κ1) is 99.0. The molecule has 1 aromatic carbocycles. The molecule has 3 amide bonds. The SMILES string of the molecule is CC(=O)N[C@@H]1[C@@H]([C@H](O)[C@H](O)CO)O[C@](SCCCCCOCCCSCCC[Si](CCCSCCCOCCCCCS[C@@]2(C(=O)O)C[C@@H](O)[C@H](NC(C)=O)[C@@H]([C@H](O)[C@H](O)CO)O2)(CCCSCCCOCCCCCS[C@@]2(C(=O)O)C[C@@H](O)[C@H](NC(C)=O)[C@@H]([C@H](O)[C@H](O)CO)O2)c2ccccc2)(C(=O)O)C[C@H]1O. The van der Waals surface area contributed by atoms with Gasteiger partial charge in [-0.15, -0.1) is 35.3 Å². The number of carboxylic acid groups (broad SMARTS) is 3. The molecule has 4 rings (SSSR count). The van der Waals surface area contributed by atoms with Gasteiger partial charge in [-0.3, -0.25) is 14.4 Å². The summed E-state index contributed by atoms with van der Waals surface area (Å²) in [7, 11) is -1.99. The van der Waals surface area contributed by atoms with E-state index in [0.717, 1.165) is 147 Å². The molecule has 630 valence electrons. The van der Waals surface area contributed by atoms with Crippen LogP contribution >= 0.6 is 70.6 Å². The lowest BCUT2D eigenvalue weighted by Crippen LogP contribution is -2.66. The highest BCUT2D eigenvalue weighted by Gasteiger charge is 2.58. The maximum Gasteiger partial charge on any atom is 0.346 e. The molecule has 3 aliphatic heterocycles. The number of unbranched alkanes of at least 4 members (excludes halogenated alkanes) is 6. The van der Waals surface area contributed by atoms with Crippen molar-refractivity contribution < 1.29 is 134 Å². The van der Waals surface area contributed by atoms with E-state index in [1.807, 2.05) is 35.3 Å². The lowest BCUT2D eigenvalue weighted by Gasteiger charge is -2.46. The Morgan fingerprint density at radius 3 is 0.936 bits per heavy atom. The summed E-state index contributed by atoms with van der Waals surface area (Å²) in [4.78, 5) is 67.6. The van der Waals surface area contributed by atoms with Gasteiger partial charge >= 0.3 is 17.9 Å². The van der Waals surface area contributed by atoms with E-state index >= 15 is 0 Å². The third-order valence-electron chi connectivity index (χ3n) is 19.3. The highest BCUT2D eigenvalue weighted by atomic mass is 32.2. The topological polar surface area (TPSA) is 497 Å². The molecule has 109 heavy (non-hydrogen) atoms. The molecule has 3 fully saturated rings. The molecule has 0 radical (unpaired) electrons. The second-order valence-electron chi connectivity index (χ2n) is 28.1. The number of carbonyl (C=O) groups is 6. The van der Waals surface area contributed by atoms with Gasteiger partial charge in [0.1, 0.15) is 54.9 Å². The Balaban J connectivity index is 1.21. The van der Waals surface area contributed by atoms with E-state index in [-0.39, 0.29) is 19.3 Å². The van der Waals surface area contributed by atoms with Crippen molar-refractivity contribution >= 4 is 119 Å². The second-order valence-corrected chi connectivity index (χ2v) is 40.4. The van der Waals surface area contributed by atoms with Gasteiger partial charge in [0.15, 0.2) is 0 Å². The Kier molecular flexibility index (Phi) is 48.9. The van der Waals surface area contributed by atoms with E-state index < -0.39 is 170 Å². The number of aliphatic hydroxyl groups is 12. The Bertz CT molecular complexity index is 2500. The zero-order valence-electron chi connectivity index (χ0n) is 63.2. The second kappa shape index (κ2) is 53.8. The van der Waals surface area contributed by atoms with Crippen LogP contribution in [0.3, 0.4) is 0 Å². The first-order valence-corrected chi connectivity index (χ1v) is 47.1. The van der Waals surface area contributed by atoms with Crippen molar-refractivity contribution in [1.82, 2.24) is 16.0 Å². The molecule has 3 saturated heterocycles. The highest BCUT2D eigenvalue weighted by Crippen LogP contribution is 2.44. The predicted octanol–water partition coefficient (Wildman–Crippen LogP) is 2.09. The van der Waals surface area contributed by atoms with E-state index in [0.29, 0.717) is 76.2 Å². The Labute approximate surface area is 667 Å². The lowest BCUT2D eigenvalue weighted by molar-refractivity contribution is -0.205. The average Bonchev–Trinajstić information content (AvgIpc) is 0.781. The van der Waals surface area contributed by atoms with Crippen molar-refractivity contribution in [2.45, 2.75) is 261 Å². The molecule has 18 N–H and O–H groups in total. The normalized spacial score (nSPS) is 26.2. The fraction of sp³-hybridized carbons (Fsp3) is 0.833. The first-order chi connectivity index (χ1) is 52.1. The van der Waals surface area contributed by atoms with Crippen molar-refractivity contribution in [2.75, 3.05) is 111 Å². The number of rotatable bonds is 61. The van der Waals surface area contributed by atoms with Crippen LogP contribution in [0.1, 0.15) is 136 Å². The maximum atomic E-state index is 12.6. The van der Waals surface area contributed by atoms with Crippen LogP contribution in [0, 0.1) is 0 Å². The number of carbonyl (C=O) groups excluding carboxylic acids is 3. The minimum absolute atomic E-state index is 0.352. The third kappa shape index (κ3) is 34.0. The molecule has 1 aromatic rings. The van der Waals surface area contributed by atoms with E-state index in [2.05, 4.69) is 46.3 Å². The summed E-state index contributed by atoms with van der Waals surface area (Å²) < 4.78 is 35.6. The van der Waals surface area contributed by atoms with Gasteiger partial charge < -0.3 is 121 Å². The van der Waals surface area contributed by atoms with Crippen LogP contribution in [-0.2, 0) is 57.2 Å². The molecular weight excluding hydrogens is 1560 g/mol. The van der Waals surface area contributed by atoms with Gasteiger partial charge in [0.05, 0.1) is 64.3 Å². The van der Waals surface area contributed by atoms with Crippen LogP contribution in [0.5, 0.6) is 0 Å². The molecule has 3 heterocycles. The number of thioether (sulfide) groups is 6. The number of amides is 3. The zero-order valence-corrected chi connectivity index (χ0v) is 69.1. The van der Waals surface area contributed by atoms with Crippen LogP contribution in [0.15, 0.2) is 30.3 Å². The van der Waals surface area contributed by atoms with Gasteiger partial charge in [0.25, 0.3) is 0 Å². The van der Waals surface area contributed by atoms with Gasteiger partial charge in [0, 0.05) is 79.7 Å². The molecule has 30 nitrogen and oxygen atoms in total. The third-order valence-corrected chi connectivity index (χ3v) is 32.5. The quantitative estimate of drug-likeness (QED) is 0.0328. The standard InChI is InChI=1S/C72H125N3O27S6Si/c1-48(79)73-58-52(82)42-70(67(91)92,100-64(58)61(88)55(85)45-76)106-36-13-5-10-24-97-27-16-30-103-33-19-39-109(51-22-8-4-9-23-51,40-20-34-104-31-17-28-98-25-11-6-14-37-107-71(68(93)94)43-53(83)59(74-49(2)80)65(101-71)62(89)56(86)46-77)41-21-35-105-32-18-29-99-26-12-7-15-38-108-72(69(95)96)44-54(84)60(75-50(3)81)66(102-72)63(90)57(87)47-78/h4,8-9,22-23,52-66,76-78,82-90H,5-7,10-21,24-47H2,1-3H3,(H,73,79)(H,74,80)(H,75,81)(H,91,92)(H,93,94)(H,95,96)/t52-,53-,54-,55-,56-,57-,58+,59+,60+,61-,62-,63-,64+,65+,66+,70-,71-,72-/m1/s1. The largest absolute Gasteiger partial charge is 0.478 e. The summed E-state index contributed by atoms with van der Waals surface area (Å²) in [6.07, 6.45) is -8.07. The molecule has 0 spiro atoms. The molecule has 37 heteroatoms. The molecular formula is C72H125N3O27S6Si. The summed E-state index contributed by atoms with van der Waals surface area (Å²) in [6.45, 7) is 4.49. The first-order valence-electron chi connectivity index (χ1n) is 38.0. The van der Waals surface area contributed by atoms with Crippen LogP contribution < -0.4 is 21.1 Å². The molecule has 0 aliphatic carbocycles. The molecule has 0 aromatic heterocycles. The van der Waals surface area contributed by atoms with Crippen LogP contribution in [0.25, 0.3) is 0 Å². The number of carboxylic acids is 3. The van der Waals surface area contributed by atoms with Crippen molar-refractivity contribution in [1.29, 1.82) is 0 Å². The van der Waals surface area contributed by atoms with Crippen molar-refractivity contribution in [3.8, 4) is 0 Å². The summed E-state index contributed by atoms with van der Waals surface area (Å²) >= 11 is 8.74. The molecule has 18 atom stereocenters. The summed E-state index contributed by atoms with van der Waals surface area (Å²) in [5, 5.41) is 164. The van der Waals surface area contributed by atoms with Gasteiger partial charge in [-0.1, -0.05) is 72.9 Å². The van der Waals surface area contributed by atoms with Crippen LogP contribution in [0.4, 0.5) is 0 Å². The Morgan fingerprint density at radius 2 is 0.679 bits per heavy atom. The number of aliphatic hydroxyl groups excluding tert-OH is 12. The fourth-order valence-corrected chi connectivity index (χ4v) is 25.8. The minimum Gasteiger partial charge on any atom is -0.478 e. The Hall–Kier alpha value is -2.36. The van der Waals surface area contributed by atoms with Crippen molar-refractivity contribution in [3.63, 3.8) is 0 Å². The number of benzene rings is 1. The fourth-order valence-electron chi connectivity index (χ4n) is 13.5. The average molecular weight is 1690 g/mol. The van der Waals surface area contributed by atoms with Gasteiger partial charge in [-0.25, -0.2) is 14.4 Å². The Morgan fingerprint density at radius 1 is 0.413 bits per heavy atom. The zero-order chi connectivity index (χ0) is 80.4. The molecule has 3 aliphatic rings. The van der Waals surface area contributed by atoms with E-state index in [1.165, 1.54) is 44.1 Å². The van der Waals surface area contributed by atoms with Crippen LogP contribution in [-0.4, -0.2) is 338 Å². The number of hydrogen-bond acceptors (Lipinski definition) is 30. The van der Waals surface area contributed by atoms with E-state index in [1.54, 1.807) is 0 Å².